The van der Waals surface area contributed by atoms with Crippen LogP contribution in [0.3, 0.4) is 0 Å². The molecule has 1 aliphatic heterocycles. The number of nitrogens with one attached hydrogen (secondary N) is 1. The van der Waals surface area contributed by atoms with Gasteiger partial charge in [0, 0.05) is 26.7 Å². The quantitative estimate of drug-likeness (QED) is 0.868. The molecule has 0 aromatic heterocycles. The molecule has 2 fully saturated rings. The van der Waals surface area contributed by atoms with Gasteiger partial charge in [-0.3, -0.25) is 4.79 Å². The first kappa shape index (κ1) is 17.1. The minimum absolute atomic E-state index is 0.0589. The van der Waals surface area contributed by atoms with Crippen LogP contribution in [0.1, 0.15) is 58.3 Å². The zero-order chi connectivity index (χ0) is 16.1. The Labute approximate surface area is 134 Å². The number of hydrogen-bond acceptors (Lipinski definition) is 2. The van der Waals surface area contributed by atoms with Gasteiger partial charge in [-0.05, 0) is 32.1 Å². The molecule has 22 heavy (non-hydrogen) atoms. The lowest BCUT2D eigenvalue weighted by Crippen LogP contribution is -2.51. The highest BCUT2D eigenvalue weighted by atomic mass is 16.2. The molecule has 1 unspecified atom stereocenters. The van der Waals surface area contributed by atoms with E-state index >= 15 is 0 Å². The second-order valence-corrected chi connectivity index (χ2v) is 7.13. The van der Waals surface area contributed by atoms with Crippen molar-refractivity contribution in [1.29, 1.82) is 0 Å². The molecule has 1 heterocycles. The molecule has 0 bridgehead atoms. The lowest BCUT2D eigenvalue weighted by molar-refractivity contribution is -0.130. The van der Waals surface area contributed by atoms with E-state index in [0.29, 0.717) is 6.04 Å². The molecule has 0 aromatic carbocycles. The molecular weight excluding hydrogens is 278 g/mol. The summed E-state index contributed by atoms with van der Waals surface area (Å²) in [4.78, 5) is 27.9. The van der Waals surface area contributed by atoms with Gasteiger partial charge < -0.3 is 15.1 Å². The minimum Gasteiger partial charge on any atom is -0.347 e. The summed E-state index contributed by atoms with van der Waals surface area (Å²) in [7, 11) is 3.43. The fourth-order valence-corrected chi connectivity index (χ4v) is 3.87. The van der Waals surface area contributed by atoms with E-state index in [1.807, 2.05) is 4.90 Å². The lowest BCUT2D eigenvalue weighted by Gasteiger charge is -2.31. The van der Waals surface area contributed by atoms with Gasteiger partial charge in [0.05, 0.1) is 0 Å². The van der Waals surface area contributed by atoms with Gasteiger partial charge in [-0.1, -0.05) is 32.1 Å². The van der Waals surface area contributed by atoms with Crippen molar-refractivity contribution in [2.24, 2.45) is 5.92 Å². The maximum Gasteiger partial charge on any atom is 0.318 e. The standard InChI is InChI=1S/C17H31N3O2/c1-13(16(21)19(2)3)18-17(22)20-11-7-10-15(20)12-14-8-5-4-6-9-14/h13-15H,4-12H2,1-3H3,(H,18,22)/t13-,15?/m0/s1. The molecule has 0 radical (unpaired) electrons. The Morgan fingerprint density at radius 3 is 2.45 bits per heavy atom. The summed E-state index contributed by atoms with van der Waals surface area (Å²) in [6.45, 7) is 2.58. The van der Waals surface area contributed by atoms with Crippen LogP contribution in [0.15, 0.2) is 0 Å². The van der Waals surface area contributed by atoms with E-state index < -0.39 is 6.04 Å². The van der Waals surface area contributed by atoms with Crippen molar-refractivity contribution in [2.75, 3.05) is 20.6 Å². The number of urea groups is 1. The summed E-state index contributed by atoms with van der Waals surface area (Å²) in [5, 5.41) is 2.87. The molecule has 2 atom stereocenters. The van der Waals surface area contributed by atoms with Crippen molar-refractivity contribution in [1.82, 2.24) is 15.1 Å². The molecule has 126 valence electrons. The van der Waals surface area contributed by atoms with Crippen LogP contribution in [-0.4, -0.2) is 54.5 Å². The van der Waals surface area contributed by atoms with Gasteiger partial charge in [0.2, 0.25) is 5.91 Å². The van der Waals surface area contributed by atoms with Crippen LogP contribution in [0, 0.1) is 5.92 Å². The molecule has 0 spiro atoms. The van der Waals surface area contributed by atoms with Gasteiger partial charge in [-0.2, -0.15) is 0 Å². The highest BCUT2D eigenvalue weighted by molar-refractivity contribution is 5.86. The average Bonchev–Trinajstić information content (AvgIpc) is 2.95. The first-order valence-electron chi connectivity index (χ1n) is 8.77. The first-order chi connectivity index (χ1) is 10.5. The number of amides is 3. The predicted molar refractivity (Wildman–Crippen MR) is 87.6 cm³/mol. The third kappa shape index (κ3) is 4.37. The Balaban J connectivity index is 1.86. The highest BCUT2D eigenvalue weighted by Crippen LogP contribution is 2.32. The zero-order valence-corrected chi connectivity index (χ0v) is 14.3. The van der Waals surface area contributed by atoms with E-state index in [-0.39, 0.29) is 11.9 Å². The predicted octanol–water partition coefficient (Wildman–Crippen LogP) is 2.61. The van der Waals surface area contributed by atoms with Crippen LogP contribution in [-0.2, 0) is 4.79 Å². The number of likely N-dealkylation sites (N-methyl/N-ethyl adjacent to an activating group) is 1. The van der Waals surface area contributed by atoms with Crippen LogP contribution < -0.4 is 5.32 Å². The molecule has 5 heteroatoms. The van der Waals surface area contributed by atoms with Crippen molar-refractivity contribution in [3.8, 4) is 0 Å². The number of nitrogens with zero attached hydrogens (tertiary/aromatic N) is 2. The highest BCUT2D eigenvalue weighted by Gasteiger charge is 2.32. The number of carbonyl (C=O) groups excluding carboxylic acids is 2. The Bertz CT molecular complexity index is 391. The molecular formula is C17H31N3O2. The van der Waals surface area contributed by atoms with Crippen molar-refractivity contribution in [3.63, 3.8) is 0 Å². The number of hydrogen-bond donors (Lipinski definition) is 1. The second kappa shape index (κ2) is 7.84. The Hall–Kier alpha value is -1.26. The SMILES string of the molecule is C[C@H](NC(=O)N1CCCC1CC1CCCCC1)C(=O)N(C)C. The van der Waals surface area contributed by atoms with Crippen molar-refractivity contribution < 1.29 is 9.59 Å². The summed E-state index contributed by atoms with van der Waals surface area (Å²) >= 11 is 0. The molecule has 1 aliphatic carbocycles. The molecule has 0 aromatic rings. The molecule has 3 amide bonds. The van der Waals surface area contributed by atoms with Crippen LogP contribution in [0.5, 0.6) is 0 Å². The first-order valence-corrected chi connectivity index (χ1v) is 8.77. The summed E-state index contributed by atoms with van der Waals surface area (Å²) in [5.41, 5.74) is 0. The minimum atomic E-state index is -0.460. The third-order valence-corrected chi connectivity index (χ3v) is 5.12. The maximum atomic E-state index is 12.5. The van der Waals surface area contributed by atoms with Crippen molar-refractivity contribution in [3.05, 3.63) is 0 Å². The molecule has 1 saturated carbocycles. The second-order valence-electron chi connectivity index (χ2n) is 7.13. The fourth-order valence-electron chi connectivity index (χ4n) is 3.87. The van der Waals surface area contributed by atoms with Gasteiger partial charge in [0.15, 0.2) is 0 Å². The van der Waals surface area contributed by atoms with Gasteiger partial charge in [0.1, 0.15) is 6.04 Å². The molecule has 1 N–H and O–H groups in total. The third-order valence-electron chi connectivity index (χ3n) is 5.12. The normalized spacial score (nSPS) is 24.1. The van der Waals surface area contributed by atoms with Gasteiger partial charge in [-0.25, -0.2) is 4.79 Å². The largest absolute Gasteiger partial charge is 0.347 e. The summed E-state index contributed by atoms with van der Waals surface area (Å²) in [6, 6.07) is -0.163. The van der Waals surface area contributed by atoms with Crippen LogP contribution in [0.2, 0.25) is 0 Å². The average molecular weight is 309 g/mol. The Kier molecular flexibility index (Phi) is 6.09. The zero-order valence-electron chi connectivity index (χ0n) is 14.3. The fraction of sp³-hybridized carbons (Fsp3) is 0.882. The monoisotopic (exact) mass is 309 g/mol. The van der Waals surface area contributed by atoms with Crippen LogP contribution in [0.4, 0.5) is 4.79 Å². The van der Waals surface area contributed by atoms with E-state index in [0.717, 1.165) is 31.7 Å². The Morgan fingerprint density at radius 1 is 1.14 bits per heavy atom. The van der Waals surface area contributed by atoms with Gasteiger partial charge in [-0.15, -0.1) is 0 Å². The number of rotatable bonds is 4. The van der Waals surface area contributed by atoms with E-state index in [1.165, 1.54) is 37.0 Å². The topological polar surface area (TPSA) is 52.7 Å². The van der Waals surface area contributed by atoms with E-state index in [1.54, 1.807) is 21.0 Å². The molecule has 2 rings (SSSR count). The Morgan fingerprint density at radius 2 is 1.82 bits per heavy atom. The van der Waals surface area contributed by atoms with Crippen LogP contribution in [0.25, 0.3) is 0 Å². The number of carbonyl (C=O) groups is 2. The number of likely N-dealkylation sites (tertiary alicyclic amines) is 1. The lowest BCUT2D eigenvalue weighted by atomic mass is 9.84. The molecule has 1 saturated heterocycles. The van der Waals surface area contributed by atoms with Gasteiger partial charge >= 0.3 is 6.03 Å². The summed E-state index contributed by atoms with van der Waals surface area (Å²) in [6.07, 6.45) is 10.0. The van der Waals surface area contributed by atoms with Crippen LogP contribution >= 0.6 is 0 Å². The van der Waals surface area contributed by atoms with E-state index in [9.17, 15) is 9.59 Å². The summed E-state index contributed by atoms with van der Waals surface area (Å²) in [5.74, 6) is 0.726. The molecule has 2 aliphatic rings. The maximum absolute atomic E-state index is 12.5. The van der Waals surface area contributed by atoms with Crippen molar-refractivity contribution in [2.45, 2.75) is 70.4 Å². The summed E-state index contributed by atoms with van der Waals surface area (Å²) < 4.78 is 0. The van der Waals surface area contributed by atoms with Gasteiger partial charge in [0.25, 0.3) is 0 Å². The van der Waals surface area contributed by atoms with E-state index in [2.05, 4.69) is 5.32 Å². The van der Waals surface area contributed by atoms with E-state index in [4.69, 9.17) is 0 Å². The molecule has 5 nitrogen and oxygen atoms in total. The van der Waals surface area contributed by atoms with Crippen molar-refractivity contribution >= 4 is 11.9 Å². The smallest absolute Gasteiger partial charge is 0.318 e.